The van der Waals surface area contributed by atoms with Crippen molar-refractivity contribution in [3.8, 4) is 11.5 Å². The average molecular weight is 291 g/mol. The van der Waals surface area contributed by atoms with Crippen LogP contribution in [0, 0.1) is 0 Å². The van der Waals surface area contributed by atoms with Crippen LogP contribution in [0.25, 0.3) is 0 Å². The molecule has 0 atom stereocenters. The Hall–Kier alpha value is -2.53. The van der Waals surface area contributed by atoms with E-state index in [0.717, 1.165) is 6.07 Å². The van der Waals surface area contributed by atoms with Crippen molar-refractivity contribution in [1.29, 1.82) is 0 Å². The van der Waals surface area contributed by atoms with Crippen molar-refractivity contribution in [1.82, 2.24) is 5.43 Å². The Morgan fingerprint density at radius 1 is 1.20 bits per heavy atom. The minimum Gasteiger partial charge on any atom is -0.508 e. The summed E-state index contributed by atoms with van der Waals surface area (Å²) in [5.41, 5.74) is 2.94. The van der Waals surface area contributed by atoms with E-state index in [1.165, 1.54) is 18.3 Å². The fraction of sp³-hybridized carbons (Fsp3) is 0. The van der Waals surface area contributed by atoms with E-state index >= 15 is 0 Å². The minimum atomic E-state index is -0.592. The van der Waals surface area contributed by atoms with E-state index in [1.807, 2.05) is 0 Å². The Balaban J connectivity index is 2.07. The third kappa shape index (κ3) is 3.27. The van der Waals surface area contributed by atoms with Gasteiger partial charge in [-0.1, -0.05) is 29.8 Å². The molecule has 0 saturated heterocycles. The molecule has 2 aromatic rings. The summed E-state index contributed by atoms with van der Waals surface area (Å²) in [6.07, 6.45) is 1.40. The maximum Gasteiger partial charge on any atom is 0.275 e. The molecule has 20 heavy (non-hydrogen) atoms. The van der Waals surface area contributed by atoms with E-state index in [4.69, 9.17) is 16.7 Å². The zero-order valence-electron chi connectivity index (χ0n) is 10.2. The van der Waals surface area contributed by atoms with Gasteiger partial charge in [0, 0.05) is 16.7 Å². The second-order valence-corrected chi connectivity index (χ2v) is 4.33. The lowest BCUT2D eigenvalue weighted by Gasteiger charge is -2.03. The van der Waals surface area contributed by atoms with E-state index in [-0.39, 0.29) is 17.1 Å². The van der Waals surface area contributed by atoms with Crippen molar-refractivity contribution in [2.45, 2.75) is 0 Å². The lowest BCUT2D eigenvalue weighted by Crippen LogP contribution is -2.17. The van der Waals surface area contributed by atoms with Gasteiger partial charge < -0.3 is 10.2 Å². The lowest BCUT2D eigenvalue weighted by molar-refractivity contribution is 0.0952. The molecule has 0 aliphatic heterocycles. The van der Waals surface area contributed by atoms with Crippen molar-refractivity contribution in [3.05, 3.63) is 58.6 Å². The number of hydrazone groups is 1. The van der Waals surface area contributed by atoms with Crippen LogP contribution in [0.5, 0.6) is 11.5 Å². The van der Waals surface area contributed by atoms with E-state index in [9.17, 15) is 9.90 Å². The number of phenols is 2. The van der Waals surface area contributed by atoms with Crippen LogP contribution in [-0.2, 0) is 0 Å². The molecular formula is C14H11ClN2O3. The smallest absolute Gasteiger partial charge is 0.275 e. The first kappa shape index (κ1) is 13.9. The number of phenolic OH excluding ortho intramolecular Hbond substituents is 2. The predicted octanol–water partition coefficient (Wildman–Crippen LogP) is 2.52. The molecule has 0 radical (unpaired) electrons. The van der Waals surface area contributed by atoms with Crippen LogP contribution in [0.4, 0.5) is 0 Å². The summed E-state index contributed by atoms with van der Waals surface area (Å²) in [6.45, 7) is 0. The summed E-state index contributed by atoms with van der Waals surface area (Å²) in [5.74, 6) is -1.04. The molecule has 3 N–H and O–H groups in total. The molecule has 0 saturated carbocycles. The number of carbonyl (C=O) groups is 1. The zero-order valence-corrected chi connectivity index (χ0v) is 11.0. The van der Waals surface area contributed by atoms with Crippen molar-refractivity contribution in [2.75, 3.05) is 0 Å². The summed E-state index contributed by atoms with van der Waals surface area (Å²) in [7, 11) is 0. The highest BCUT2D eigenvalue weighted by Crippen LogP contribution is 2.22. The molecule has 0 aliphatic rings. The molecule has 1 amide bonds. The van der Waals surface area contributed by atoms with E-state index in [0.29, 0.717) is 10.6 Å². The molecule has 0 bridgehead atoms. The van der Waals surface area contributed by atoms with Gasteiger partial charge in [0.25, 0.3) is 5.91 Å². The Morgan fingerprint density at radius 2 is 1.95 bits per heavy atom. The molecule has 2 aromatic carbocycles. The van der Waals surface area contributed by atoms with Crippen molar-refractivity contribution >= 4 is 23.7 Å². The van der Waals surface area contributed by atoms with Crippen LogP contribution >= 0.6 is 11.6 Å². The van der Waals surface area contributed by atoms with Gasteiger partial charge in [-0.15, -0.1) is 0 Å². The first-order chi connectivity index (χ1) is 9.58. The molecule has 0 aliphatic carbocycles. The van der Waals surface area contributed by atoms with Crippen LogP contribution in [0.3, 0.4) is 0 Å². The molecule has 0 fully saturated rings. The molecule has 0 aromatic heterocycles. The van der Waals surface area contributed by atoms with Gasteiger partial charge in [0.05, 0.1) is 11.8 Å². The summed E-state index contributed by atoms with van der Waals surface area (Å²) < 4.78 is 0. The number of rotatable bonds is 3. The number of hydrogen-bond donors (Lipinski definition) is 3. The third-order valence-corrected chi connectivity index (χ3v) is 2.85. The first-order valence-corrected chi connectivity index (χ1v) is 6.05. The number of aromatic hydroxyl groups is 2. The number of nitrogens with zero attached hydrogens (tertiary/aromatic N) is 1. The molecule has 0 unspecified atom stereocenters. The maximum atomic E-state index is 11.8. The monoisotopic (exact) mass is 290 g/mol. The van der Waals surface area contributed by atoms with Gasteiger partial charge >= 0.3 is 0 Å². The molecule has 2 rings (SSSR count). The minimum absolute atomic E-state index is 0.0131. The van der Waals surface area contributed by atoms with Crippen LogP contribution in [-0.4, -0.2) is 22.3 Å². The van der Waals surface area contributed by atoms with Gasteiger partial charge in [0.15, 0.2) is 0 Å². The van der Waals surface area contributed by atoms with Crippen molar-refractivity contribution in [2.24, 2.45) is 5.10 Å². The molecule has 102 valence electrons. The van der Waals surface area contributed by atoms with Gasteiger partial charge in [-0.25, -0.2) is 5.43 Å². The normalized spacial score (nSPS) is 10.7. The summed E-state index contributed by atoms with van der Waals surface area (Å²) in [4.78, 5) is 11.8. The largest absolute Gasteiger partial charge is 0.508 e. The van der Waals surface area contributed by atoms with E-state index in [2.05, 4.69) is 10.5 Å². The number of benzene rings is 2. The Bertz CT molecular complexity index is 671. The predicted molar refractivity (Wildman–Crippen MR) is 76.3 cm³/mol. The highest BCUT2D eigenvalue weighted by Gasteiger charge is 2.10. The fourth-order valence-electron chi connectivity index (χ4n) is 1.51. The number of carbonyl (C=O) groups excluding carboxylic acids is 1. The average Bonchev–Trinajstić information content (AvgIpc) is 2.40. The molecular weight excluding hydrogens is 280 g/mol. The number of amides is 1. The Morgan fingerprint density at radius 3 is 2.65 bits per heavy atom. The van der Waals surface area contributed by atoms with Gasteiger partial charge in [0.1, 0.15) is 11.5 Å². The van der Waals surface area contributed by atoms with E-state index < -0.39 is 5.91 Å². The van der Waals surface area contributed by atoms with Crippen molar-refractivity contribution in [3.63, 3.8) is 0 Å². The molecule has 0 spiro atoms. The van der Waals surface area contributed by atoms with Crippen LogP contribution < -0.4 is 5.43 Å². The first-order valence-electron chi connectivity index (χ1n) is 5.68. The van der Waals surface area contributed by atoms with Gasteiger partial charge in [-0.05, 0) is 18.2 Å². The van der Waals surface area contributed by atoms with Gasteiger partial charge in [0.2, 0.25) is 0 Å². The fourth-order valence-corrected chi connectivity index (χ4v) is 1.70. The Kier molecular flexibility index (Phi) is 4.22. The number of nitrogens with one attached hydrogen (secondary N) is 1. The third-order valence-electron chi connectivity index (χ3n) is 2.50. The van der Waals surface area contributed by atoms with E-state index in [1.54, 1.807) is 24.3 Å². The Labute approximate surface area is 120 Å². The topological polar surface area (TPSA) is 81.9 Å². The highest BCUT2D eigenvalue weighted by molar-refractivity contribution is 6.33. The quantitative estimate of drug-likeness (QED) is 0.600. The SMILES string of the molecule is O=C(N/N=C\c1ccccc1Cl)c1ccc(O)cc1O. The summed E-state index contributed by atoms with van der Waals surface area (Å²) in [5, 5.41) is 22.9. The number of halogens is 1. The molecule has 0 heterocycles. The van der Waals surface area contributed by atoms with Crippen molar-refractivity contribution < 1.29 is 15.0 Å². The lowest BCUT2D eigenvalue weighted by atomic mass is 10.2. The van der Waals surface area contributed by atoms with Gasteiger partial charge in [-0.2, -0.15) is 5.10 Å². The van der Waals surface area contributed by atoms with Crippen LogP contribution in [0.1, 0.15) is 15.9 Å². The summed E-state index contributed by atoms with van der Waals surface area (Å²) in [6, 6.07) is 10.7. The zero-order chi connectivity index (χ0) is 14.5. The highest BCUT2D eigenvalue weighted by atomic mass is 35.5. The number of hydrogen-bond acceptors (Lipinski definition) is 4. The standard InChI is InChI=1S/C14H11ClN2O3/c15-12-4-2-1-3-9(12)8-16-17-14(20)11-6-5-10(18)7-13(11)19/h1-8,18-19H,(H,17,20)/b16-8-. The molecule has 6 heteroatoms. The second kappa shape index (κ2) is 6.08. The van der Waals surface area contributed by atoms with Crippen LogP contribution in [0.2, 0.25) is 5.02 Å². The van der Waals surface area contributed by atoms with Gasteiger partial charge in [-0.3, -0.25) is 4.79 Å². The summed E-state index contributed by atoms with van der Waals surface area (Å²) >= 11 is 5.93. The maximum absolute atomic E-state index is 11.8. The van der Waals surface area contributed by atoms with Crippen LogP contribution in [0.15, 0.2) is 47.6 Å². The second-order valence-electron chi connectivity index (χ2n) is 3.92. The molecule has 5 nitrogen and oxygen atoms in total.